The van der Waals surface area contributed by atoms with Crippen molar-refractivity contribution in [2.24, 2.45) is 0 Å². The maximum atomic E-state index is 12.9. The number of nitrogens with zero attached hydrogens (tertiary/aromatic N) is 1. The van der Waals surface area contributed by atoms with Crippen molar-refractivity contribution < 1.29 is 9.18 Å². The maximum absolute atomic E-state index is 12.9. The van der Waals surface area contributed by atoms with Gasteiger partial charge in [-0.25, -0.2) is 4.98 Å². The Morgan fingerprint density at radius 2 is 2.11 bits per heavy atom. The Morgan fingerprint density at radius 3 is 2.78 bits per heavy atom. The number of nitrogens with one attached hydrogen (secondary N) is 1. The molecular formula is C13H10ClFN2O. The molecule has 0 bridgehead atoms. The summed E-state index contributed by atoms with van der Waals surface area (Å²) in [5.41, 5.74) is 1.29. The van der Waals surface area contributed by atoms with E-state index in [1.165, 1.54) is 18.2 Å². The van der Waals surface area contributed by atoms with Gasteiger partial charge in [0.15, 0.2) is 0 Å². The van der Waals surface area contributed by atoms with Crippen molar-refractivity contribution in [3.63, 3.8) is 0 Å². The molecule has 3 nitrogen and oxygen atoms in total. The van der Waals surface area contributed by atoms with E-state index in [4.69, 9.17) is 11.6 Å². The first kappa shape index (κ1) is 12.5. The van der Waals surface area contributed by atoms with E-state index >= 15 is 0 Å². The molecular weight excluding hydrogens is 255 g/mol. The second-order valence-electron chi connectivity index (χ2n) is 3.76. The highest BCUT2D eigenvalue weighted by molar-refractivity contribution is 6.31. The van der Waals surface area contributed by atoms with Crippen LogP contribution in [0.2, 0.25) is 5.02 Å². The lowest BCUT2D eigenvalue weighted by atomic mass is 10.1. The Hall–Kier alpha value is -1.94. The molecule has 0 spiro atoms. The lowest BCUT2D eigenvalue weighted by Gasteiger charge is -2.05. The molecule has 0 fully saturated rings. The molecule has 0 unspecified atom stereocenters. The Morgan fingerprint density at radius 1 is 1.33 bits per heavy atom. The van der Waals surface area contributed by atoms with Crippen LogP contribution in [0.5, 0.6) is 0 Å². The summed E-state index contributed by atoms with van der Waals surface area (Å²) in [6, 6.07) is 9.15. The van der Waals surface area contributed by atoms with Crippen LogP contribution in [-0.4, -0.2) is 10.9 Å². The molecule has 0 saturated heterocycles. The summed E-state index contributed by atoms with van der Waals surface area (Å²) < 4.78 is 12.9. The molecule has 5 heteroatoms. The number of hydrogen-bond donors (Lipinski definition) is 1. The van der Waals surface area contributed by atoms with Gasteiger partial charge in [-0.3, -0.25) is 4.79 Å². The number of amides is 1. The van der Waals surface area contributed by atoms with E-state index in [0.29, 0.717) is 10.6 Å². The molecule has 0 aliphatic rings. The number of carbonyl (C=O) groups is 1. The first-order valence-corrected chi connectivity index (χ1v) is 5.64. The van der Waals surface area contributed by atoms with Crippen molar-refractivity contribution in [1.29, 1.82) is 0 Å². The molecule has 1 heterocycles. The van der Waals surface area contributed by atoms with Crippen LogP contribution in [-0.2, 0) is 0 Å². The van der Waals surface area contributed by atoms with Crippen LogP contribution in [0.4, 0.5) is 10.2 Å². The van der Waals surface area contributed by atoms with Gasteiger partial charge in [0, 0.05) is 10.6 Å². The Balaban J connectivity index is 2.19. The van der Waals surface area contributed by atoms with Gasteiger partial charge in [-0.05, 0) is 36.8 Å². The predicted molar refractivity (Wildman–Crippen MR) is 68.3 cm³/mol. The molecule has 1 aromatic carbocycles. The zero-order chi connectivity index (χ0) is 13.1. The van der Waals surface area contributed by atoms with Gasteiger partial charge in [0.25, 0.3) is 5.91 Å². The minimum atomic E-state index is -0.644. The highest BCUT2D eigenvalue weighted by Gasteiger charge is 2.08. The average molecular weight is 265 g/mol. The largest absolute Gasteiger partial charge is 0.306 e. The highest BCUT2D eigenvalue weighted by atomic mass is 35.5. The van der Waals surface area contributed by atoms with E-state index in [2.05, 4.69) is 10.3 Å². The zero-order valence-electron chi connectivity index (χ0n) is 9.58. The molecule has 18 heavy (non-hydrogen) atoms. The average Bonchev–Trinajstić information content (AvgIpc) is 2.32. The lowest BCUT2D eigenvalue weighted by molar-refractivity contribution is 0.102. The van der Waals surface area contributed by atoms with Gasteiger partial charge in [0.1, 0.15) is 5.82 Å². The number of halogens is 2. The van der Waals surface area contributed by atoms with Gasteiger partial charge in [0.2, 0.25) is 5.95 Å². The minimum absolute atomic E-state index is 0.164. The third kappa shape index (κ3) is 2.84. The SMILES string of the molecule is Cc1ccc(C(=O)Nc2cccc(F)n2)cc1Cl. The van der Waals surface area contributed by atoms with E-state index in [1.54, 1.807) is 18.2 Å². The third-order valence-corrected chi connectivity index (χ3v) is 2.80. The van der Waals surface area contributed by atoms with Crippen molar-refractivity contribution in [3.05, 3.63) is 58.5 Å². The lowest BCUT2D eigenvalue weighted by Crippen LogP contribution is -2.13. The van der Waals surface area contributed by atoms with Crippen LogP contribution in [0.3, 0.4) is 0 Å². The molecule has 2 rings (SSSR count). The number of benzene rings is 1. The summed E-state index contributed by atoms with van der Waals surface area (Å²) in [6.45, 7) is 1.85. The van der Waals surface area contributed by atoms with E-state index in [0.717, 1.165) is 5.56 Å². The number of anilines is 1. The zero-order valence-corrected chi connectivity index (χ0v) is 10.3. The number of rotatable bonds is 2. The highest BCUT2D eigenvalue weighted by Crippen LogP contribution is 2.17. The Labute approximate surface area is 109 Å². The fourth-order valence-corrected chi connectivity index (χ4v) is 1.58. The van der Waals surface area contributed by atoms with Gasteiger partial charge in [-0.1, -0.05) is 23.7 Å². The van der Waals surface area contributed by atoms with Crippen molar-refractivity contribution in [2.45, 2.75) is 6.92 Å². The van der Waals surface area contributed by atoms with E-state index < -0.39 is 5.95 Å². The van der Waals surface area contributed by atoms with Crippen LogP contribution in [0.1, 0.15) is 15.9 Å². The van der Waals surface area contributed by atoms with E-state index in [9.17, 15) is 9.18 Å². The molecule has 1 N–H and O–H groups in total. The fraction of sp³-hybridized carbons (Fsp3) is 0.0769. The van der Waals surface area contributed by atoms with Gasteiger partial charge < -0.3 is 5.32 Å². The molecule has 1 aromatic heterocycles. The van der Waals surface area contributed by atoms with Crippen LogP contribution in [0.25, 0.3) is 0 Å². The molecule has 92 valence electrons. The Kier molecular flexibility index (Phi) is 3.58. The summed E-state index contributed by atoms with van der Waals surface area (Å²) in [5.74, 6) is -0.860. The normalized spacial score (nSPS) is 10.2. The van der Waals surface area contributed by atoms with E-state index in [-0.39, 0.29) is 11.7 Å². The first-order chi connectivity index (χ1) is 8.56. The molecule has 0 radical (unpaired) electrons. The minimum Gasteiger partial charge on any atom is -0.306 e. The summed E-state index contributed by atoms with van der Waals surface area (Å²) in [5, 5.41) is 3.01. The first-order valence-electron chi connectivity index (χ1n) is 5.26. The quantitative estimate of drug-likeness (QED) is 0.845. The molecule has 0 saturated carbocycles. The van der Waals surface area contributed by atoms with Gasteiger partial charge >= 0.3 is 0 Å². The second kappa shape index (κ2) is 5.14. The van der Waals surface area contributed by atoms with E-state index in [1.807, 2.05) is 6.92 Å². The standard InChI is InChI=1S/C13H10ClFN2O/c1-8-5-6-9(7-10(8)14)13(18)17-12-4-2-3-11(15)16-12/h2-7H,1H3,(H,16,17,18). The van der Waals surface area contributed by atoms with Crippen LogP contribution in [0.15, 0.2) is 36.4 Å². The summed E-state index contributed by atoms with van der Waals surface area (Å²) >= 11 is 5.93. The van der Waals surface area contributed by atoms with Crippen molar-refractivity contribution in [1.82, 2.24) is 4.98 Å². The number of carbonyl (C=O) groups excluding carboxylic acids is 1. The third-order valence-electron chi connectivity index (χ3n) is 2.39. The summed E-state index contributed by atoms with van der Waals surface area (Å²) in [6.07, 6.45) is 0. The maximum Gasteiger partial charge on any atom is 0.256 e. The second-order valence-corrected chi connectivity index (χ2v) is 4.17. The van der Waals surface area contributed by atoms with Crippen LogP contribution >= 0.6 is 11.6 Å². The monoisotopic (exact) mass is 264 g/mol. The van der Waals surface area contributed by atoms with Crippen LogP contribution < -0.4 is 5.32 Å². The molecule has 2 aromatic rings. The fourth-order valence-electron chi connectivity index (χ4n) is 1.40. The molecule has 0 aliphatic carbocycles. The summed E-state index contributed by atoms with van der Waals surface area (Å²) in [7, 11) is 0. The van der Waals surface area contributed by atoms with Gasteiger partial charge in [0.05, 0.1) is 0 Å². The smallest absolute Gasteiger partial charge is 0.256 e. The van der Waals surface area contributed by atoms with Gasteiger partial charge in [-0.15, -0.1) is 0 Å². The summed E-state index contributed by atoms with van der Waals surface area (Å²) in [4.78, 5) is 15.4. The number of pyridine rings is 1. The topological polar surface area (TPSA) is 42.0 Å². The van der Waals surface area contributed by atoms with Crippen molar-refractivity contribution in [2.75, 3.05) is 5.32 Å². The van der Waals surface area contributed by atoms with Gasteiger partial charge in [-0.2, -0.15) is 4.39 Å². The number of aromatic nitrogens is 1. The Bertz CT molecular complexity index is 601. The predicted octanol–water partition coefficient (Wildman–Crippen LogP) is 3.43. The van der Waals surface area contributed by atoms with Crippen LogP contribution in [0, 0.1) is 12.9 Å². The molecule has 0 atom stereocenters. The number of hydrogen-bond acceptors (Lipinski definition) is 2. The number of aryl methyl sites for hydroxylation is 1. The molecule has 1 amide bonds. The van der Waals surface area contributed by atoms with Crippen molar-refractivity contribution in [3.8, 4) is 0 Å². The molecule has 0 aliphatic heterocycles. The van der Waals surface area contributed by atoms with Crippen molar-refractivity contribution >= 4 is 23.3 Å².